The van der Waals surface area contributed by atoms with Crippen LogP contribution < -0.4 is 5.32 Å². The smallest absolute Gasteiger partial charge is 0.0591 e. The van der Waals surface area contributed by atoms with Gasteiger partial charge in [-0.05, 0) is 24.5 Å². The Morgan fingerprint density at radius 3 is 2.81 bits per heavy atom. The van der Waals surface area contributed by atoms with E-state index in [4.69, 9.17) is 4.74 Å². The average Bonchev–Trinajstić information content (AvgIpc) is 2.29. The van der Waals surface area contributed by atoms with Gasteiger partial charge < -0.3 is 10.1 Å². The van der Waals surface area contributed by atoms with Gasteiger partial charge in [0.25, 0.3) is 0 Å². The molecule has 0 fully saturated rings. The summed E-state index contributed by atoms with van der Waals surface area (Å²) in [7, 11) is 0. The summed E-state index contributed by atoms with van der Waals surface area (Å²) in [6.07, 6.45) is 3.69. The molecule has 0 saturated heterocycles. The number of aromatic nitrogens is 1. The Balaban J connectivity index is 2.14. The van der Waals surface area contributed by atoms with Crippen molar-refractivity contribution in [3.05, 3.63) is 30.1 Å². The molecule has 0 amide bonds. The molecule has 1 rings (SSSR count). The minimum atomic E-state index is 0.330. The van der Waals surface area contributed by atoms with E-state index in [-0.39, 0.29) is 0 Å². The summed E-state index contributed by atoms with van der Waals surface area (Å²) in [6, 6.07) is 4.37. The van der Waals surface area contributed by atoms with Crippen molar-refractivity contribution >= 4 is 0 Å². The maximum atomic E-state index is 5.50. The largest absolute Gasteiger partial charge is 0.380 e. The molecule has 1 N–H and O–H groups in total. The molecule has 1 atom stereocenters. The summed E-state index contributed by atoms with van der Waals surface area (Å²) in [6.45, 7) is 8.94. The van der Waals surface area contributed by atoms with Gasteiger partial charge in [0, 0.05) is 31.6 Å². The minimum absolute atomic E-state index is 0.330. The number of nitrogens with one attached hydrogen (secondary N) is 1. The molecule has 3 heteroatoms. The summed E-state index contributed by atoms with van der Waals surface area (Å²) in [5, 5.41) is 3.41. The molecule has 0 bridgehead atoms. The third-order valence-corrected chi connectivity index (χ3v) is 2.33. The van der Waals surface area contributed by atoms with Crippen LogP contribution in [-0.2, 0) is 4.74 Å². The second-order valence-electron chi connectivity index (χ2n) is 4.43. The monoisotopic (exact) mass is 222 g/mol. The first-order valence-electron chi connectivity index (χ1n) is 5.91. The van der Waals surface area contributed by atoms with E-state index < -0.39 is 0 Å². The lowest BCUT2D eigenvalue weighted by atomic mass is 10.1. The molecule has 90 valence electrons. The fourth-order valence-corrected chi connectivity index (χ4v) is 1.42. The van der Waals surface area contributed by atoms with Crippen molar-refractivity contribution in [2.75, 3.05) is 19.8 Å². The Kier molecular flexibility index (Phi) is 6.04. The van der Waals surface area contributed by atoms with Crippen molar-refractivity contribution in [2.45, 2.75) is 26.8 Å². The van der Waals surface area contributed by atoms with Gasteiger partial charge in [0.05, 0.1) is 6.61 Å². The summed E-state index contributed by atoms with van der Waals surface area (Å²) < 4.78 is 5.50. The summed E-state index contributed by atoms with van der Waals surface area (Å²) in [4.78, 5) is 4.10. The second-order valence-corrected chi connectivity index (χ2v) is 4.43. The SMILES string of the molecule is CC(C)COCCN[C@H](C)c1cccnc1. The van der Waals surface area contributed by atoms with Gasteiger partial charge in [-0.15, -0.1) is 0 Å². The van der Waals surface area contributed by atoms with Crippen LogP contribution in [0.3, 0.4) is 0 Å². The van der Waals surface area contributed by atoms with Crippen molar-refractivity contribution in [2.24, 2.45) is 5.92 Å². The van der Waals surface area contributed by atoms with E-state index in [1.54, 1.807) is 6.20 Å². The number of hydrogen-bond acceptors (Lipinski definition) is 3. The lowest BCUT2D eigenvalue weighted by molar-refractivity contribution is 0.110. The third-order valence-electron chi connectivity index (χ3n) is 2.33. The minimum Gasteiger partial charge on any atom is -0.380 e. The Labute approximate surface area is 98.2 Å². The maximum Gasteiger partial charge on any atom is 0.0591 e. The first-order chi connectivity index (χ1) is 7.70. The van der Waals surface area contributed by atoms with E-state index in [1.807, 2.05) is 12.3 Å². The van der Waals surface area contributed by atoms with Gasteiger partial charge in [0.2, 0.25) is 0 Å². The Morgan fingerprint density at radius 2 is 2.19 bits per heavy atom. The van der Waals surface area contributed by atoms with Crippen LogP contribution in [0.1, 0.15) is 32.4 Å². The quantitative estimate of drug-likeness (QED) is 0.719. The van der Waals surface area contributed by atoms with Crippen molar-refractivity contribution in [3.63, 3.8) is 0 Å². The van der Waals surface area contributed by atoms with Crippen LogP contribution in [0.15, 0.2) is 24.5 Å². The first kappa shape index (κ1) is 13.1. The molecule has 0 aliphatic rings. The van der Waals surface area contributed by atoms with Crippen molar-refractivity contribution in [1.82, 2.24) is 10.3 Å². The van der Waals surface area contributed by atoms with Gasteiger partial charge in [-0.2, -0.15) is 0 Å². The molecule has 16 heavy (non-hydrogen) atoms. The van der Waals surface area contributed by atoms with Crippen LogP contribution in [0.25, 0.3) is 0 Å². The predicted octanol–water partition coefficient (Wildman–Crippen LogP) is 2.40. The molecular weight excluding hydrogens is 200 g/mol. The number of ether oxygens (including phenoxy) is 1. The molecule has 0 saturated carbocycles. The average molecular weight is 222 g/mol. The topological polar surface area (TPSA) is 34.1 Å². The molecule has 3 nitrogen and oxygen atoms in total. The normalized spacial score (nSPS) is 13.0. The third kappa shape index (κ3) is 5.24. The molecule has 0 unspecified atom stereocenters. The van der Waals surface area contributed by atoms with Crippen molar-refractivity contribution in [3.8, 4) is 0 Å². The number of rotatable bonds is 7. The van der Waals surface area contributed by atoms with Crippen LogP contribution in [0.4, 0.5) is 0 Å². The van der Waals surface area contributed by atoms with Crippen LogP contribution in [0, 0.1) is 5.92 Å². The van der Waals surface area contributed by atoms with Gasteiger partial charge in [0.1, 0.15) is 0 Å². The van der Waals surface area contributed by atoms with E-state index in [0.717, 1.165) is 19.8 Å². The maximum absolute atomic E-state index is 5.50. The standard InChI is InChI=1S/C13H22N2O/c1-11(2)10-16-8-7-15-12(3)13-5-4-6-14-9-13/h4-6,9,11-12,15H,7-8,10H2,1-3H3/t12-/m1/s1. The molecule has 0 radical (unpaired) electrons. The lowest BCUT2D eigenvalue weighted by Crippen LogP contribution is -2.24. The number of pyridine rings is 1. The Morgan fingerprint density at radius 1 is 1.38 bits per heavy atom. The highest BCUT2D eigenvalue weighted by molar-refractivity contribution is 5.12. The van der Waals surface area contributed by atoms with Gasteiger partial charge in [-0.25, -0.2) is 0 Å². The van der Waals surface area contributed by atoms with Crippen molar-refractivity contribution in [1.29, 1.82) is 0 Å². The molecular formula is C13H22N2O. The zero-order valence-electron chi connectivity index (χ0n) is 10.4. The van der Waals surface area contributed by atoms with Gasteiger partial charge in [-0.1, -0.05) is 19.9 Å². The molecule has 0 spiro atoms. The van der Waals surface area contributed by atoms with Gasteiger partial charge in [-0.3, -0.25) is 4.98 Å². The van der Waals surface area contributed by atoms with Crippen LogP contribution in [0.5, 0.6) is 0 Å². The van der Waals surface area contributed by atoms with E-state index in [2.05, 4.69) is 37.1 Å². The zero-order chi connectivity index (χ0) is 11.8. The van der Waals surface area contributed by atoms with Crippen LogP contribution in [-0.4, -0.2) is 24.7 Å². The Bertz CT molecular complexity index is 275. The van der Waals surface area contributed by atoms with E-state index in [9.17, 15) is 0 Å². The predicted molar refractivity (Wildman–Crippen MR) is 66.3 cm³/mol. The van der Waals surface area contributed by atoms with Crippen LogP contribution >= 0.6 is 0 Å². The highest BCUT2D eigenvalue weighted by Gasteiger charge is 2.03. The fraction of sp³-hybridized carbons (Fsp3) is 0.615. The van der Waals surface area contributed by atoms with E-state index >= 15 is 0 Å². The second kappa shape index (κ2) is 7.36. The van der Waals surface area contributed by atoms with E-state index in [0.29, 0.717) is 12.0 Å². The van der Waals surface area contributed by atoms with Gasteiger partial charge >= 0.3 is 0 Å². The molecule has 1 heterocycles. The molecule has 0 aliphatic carbocycles. The molecule has 0 aliphatic heterocycles. The molecule has 1 aromatic rings. The highest BCUT2D eigenvalue weighted by Crippen LogP contribution is 2.08. The zero-order valence-corrected chi connectivity index (χ0v) is 10.4. The molecule has 0 aromatic carbocycles. The number of hydrogen-bond donors (Lipinski definition) is 1. The molecule has 1 aromatic heterocycles. The van der Waals surface area contributed by atoms with Crippen LogP contribution in [0.2, 0.25) is 0 Å². The highest BCUT2D eigenvalue weighted by atomic mass is 16.5. The van der Waals surface area contributed by atoms with E-state index in [1.165, 1.54) is 5.56 Å². The number of nitrogens with zero attached hydrogens (tertiary/aromatic N) is 1. The van der Waals surface area contributed by atoms with Crippen molar-refractivity contribution < 1.29 is 4.74 Å². The summed E-state index contributed by atoms with van der Waals surface area (Å²) in [5.41, 5.74) is 1.21. The fourth-order valence-electron chi connectivity index (χ4n) is 1.42. The van der Waals surface area contributed by atoms with Gasteiger partial charge in [0.15, 0.2) is 0 Å². The first-order valence-corrected chi connectivity index (χ1v) is 5.91. The summed E-state index contributed by atoms with van der Waals surface area (Å²) >= 11 is 0. The Hall–Kier alpha value is -0.930. The summed E-state index contributed by atoms with van der Waals surface area (Å²) in [5.74, 6) is 0.607. The lowest BCUT2D eigenvalue weighted by Gasteiger charge is -2.14.